The SMILES string of the molecule is CCCc1nn(-c2ccncc2)c(Cl)c1[N+](=O)[O-]. The van der Waals surface area contributed by atoms with Crippen molar-refractivity contribution in [3.63, 3.8) is 0 Å². The van der Waals surface area contributed by atoms with Gasteiger partial charge >= 0.3 is 5.69 Å². The van der Waals surface area contributed by atoms with Crippen LogP contribution in [0.2, 0.25) is 5.15 Å². The smallest absolute Gasteiger partial charge is 0.265 e. The zero-order valence-corrected chi connectivity index (χ0v) is 10.5. The van der Waals surface area contributed by atoms with Gasteiger partial charge in [0.2, 0.25) is 5.15 Å². The highest BCUT2D eigenvalue weighted by atomic mass is 35.5. The topological polar surface area (TPSA) is 73.8 Å². The van der Waals surface area contributed by atoms with Crippen LogP contribution >= 0.6 is 11.6 Å². The fourth-order valence-electron chi connectivity index (χ4n) is 1.67. The predicted octanol–water partition coefficient (Wildman–Crippen LogP) is 2.78. The van der Waals surface area contributed by atoms with Gasteiger partial charge in [-0.15, -0.1) is 0 Å². The zero-order chi connectivity index (χ0) is 13.1. The summed E-state index contributed by atoms with van der Waals surface area (Å²) < 4.78 is 1.37. The highest BCUT2D eigenvalue weighted by Crippen LogP contribution is 2.31. The molecule has 0 radical (unpaired) electrons. The summed E-state index contributed by atoms with van der Waals surface area (Å²) in [6.45, 7) is 1.93. The molecule has 0 aliphatic rings. The molecule has 6 nitrogen and oxygen atoms in total. The third-order valence-corrected chi connectivity index (χ3v) is 2.79. The van der Waals surface area contributed by atoms with Crippen LogP contribution in [0.5, 0.6) is 0 Å². The molecule has 0 N–H and O–H groups in total. The molecule has 0 aliphatic carbocycles. The summed E-state index contributed by atoms with van der Waals surface area (Å²) in [7, 11) is 0. The number of rotatable bonds is 4. The average Bonchev–Trinajstić information content (AvgIpc) is 2.68. The van der Waals surface area contributed by atoms with Crippen LogP contribution < -0.4 is 0 Å². The molecule has 0 saturated heterocycles. The van der Waals surface area contributed by atoms with E-state index in [9.17, 15) is 10.1 Å². The lowest BCUT2D eigenvalue weighted by molar-refractivity contribution is -0.385. The average molecular weight is 267 g/mol. The van der Waals surface area contributed by atoms with E-state index in [-0.39, 0.29) is 10.8 Å². The second-order valence-electron chi connectivity index (χ2n) is 3.71. The molecule has 2 aromatic heterocycles. The number of halogens is 1. The summed E-state index contributed by atoms with van der Waals surface area (Å²) in [6, 6.07) is 3.39. The molecule has 2 heterocycles. The zero-order valence-electron chi connectivity index (χ0n) is 9.71. The van der Waals surface area contributed by atoms with E-state index >= 15 is 0 Å². The Morgan fingerprint density at radius 2 is 2.11 bits per heavy atom. The number of hydrogen-bond donors (Lipinski definition) is 0. The van der Waals surface area contributed by atoms with Gasteiger partial charge in [-0.1, -0.05) is 24.9 Å². The number of nitrogens with zero attached hydrogens (tertiary/aromatic N) is 4. The van der Waals surface area contributed by atoms with Crippen LogP contribution in [0.15, 0.2) is 24.5 Å². The molecular formula is C11H11ClN4O2. The van der Waals surface area contributed by atoms with Crippen LogP contribution in [0, 0.1) is 10.1 Å². The van der Waals surface area contributed by atoms with Crippen LogP contribution in [-0.4, -0.2) is 19.7 Å². The summed E-state index contributed by atoms with van der Waals surface area (Å²) in [5.74, 6) is 0. The Morgan fingerprint density at radius 1 is 1.44 bits per heavy atom. The van der Waals surface area contributed by atoms with Crippen LogP contribution in [-0.2, 0) is 6.42 Å². The molecule has 0 unspecified atom stereocenters. The van der Waals surface area contributed by atoms with Crippen molar-refractivity contribution in [1.82, 2.24) is 14.8 Å². The van der Waals surface area contributed by atoms with Gasteiger partial charge in [-0.05, 0) is 18.6 Å². The number of aromatic nitrogens is 3. The maximum absolute atomic E-state index is 11.0. The molecule has 2 rings (SSSR count). The van der Waals surface area contributed by atoms with E-state index < -0.39 is 4.92 Å². The third-order valence-electron chi connectivity index (χ3n) is 2.45. The second-order valence-corrected chi connectivity index (χ2v) is 4.07. The maximum Gasteiger partial charge on any atom is 0.329 e. The van der Waals surface area contributed by atoms with Crippen molar-refractivity contribution in [3.8, 4) is 5.69 Å². The summed E-state index contributed by atoms with van der Waals surface area (Å²) in [5.41, 5.74) is 0.945. The molecule has 0 fully saturated rings. The third kappa shape index (κ3) is 2.19. The predicted molar refractivity (Wildman–Crippen MR) is 67.0 cm³/mol. The summed E-state index contributed by atoms with van der Waals surface area (Å²) >= 11 is 6.03. The molecule has 7 heteroatoms. The summed E-state index contributed by atoms with van der Waals surface area (Å²) in [5, 5.41) is 15.2. The van der Waals surface area contributed by atoms with Gasteiger partial charge in [-0.3, -0.25) is 15.1 Å². The lowest BCUT2D eigenvalue weighted by atomic mass is 10.2. The first-order valence-corrected chi connectivity index (χ1v) is 5.85. The molecule has 0 aliphatic heterocycles. The van der Waals surface area contributed by atoms with Crippen molar-refractivity contribution in [2.45, 2.75) is 19.8 Å². The summed E-state index contributed by atoms with van der Waals surface area (Å²) in [6.07, 6.45) is 4.45. The van der Waals surface area contributed by atoms with Gasteiger partial charge in [0.15, 0.2) is 0 Å². The lowest BCUT2D eigenvalue weighted by Gasteiger charge is -2.00. The van der Waals surface area contributed by atoms with Gasteiger partial charge in [0.05, 0.1) is 10.6 Å². The van der Waals surface area contributed by atoms with Crippen LogP contribution in [0.3, 0.4) is 0 Å². The van der Waals surface area contributed by atoms with E-state index in [0.717, 1.165) is 6.42 Å². The van der Waals surface area contributed by atoms with Crippen LogP contribution in [0.25, 0.3) is 5.69 Å². The Hall–Kier alpha value is -1.95. The molecule has 0 saturated carbocycles. The minimum Gasteiger partial charge on any atom is -0.265 e. The van der Waals surface area contributed by atoms with E-state index in [4.69, 9.17) is 11.6 Å². The monoisotopic (exact) mass is 266 g/mol. The van der Waals surface area contributed by atoms with Gasteiger partial charge in [-0.25, -0.2) is 4.68 Å². The largest absolute Gasteiger partial charge is 0.329 e. The van der Waals surface area contributed by atoms with E-state index in [2.05, 4.69) is 10.1 Å². The molecule has 18 heavy (non-hydrogen) atoms. The van der Waals surface area contributed by atoms with E-state index in [1.54, 1.807) is 24.5 Å². The normalized spacial score (nSPS) is 10.6. The molecular weight excluding hydrogens is 256 g/mol. The quantitative estimate of drug-likeness (QED) is 0.630. The molecule has 0 spiro atoms. The van der Waals surface area contributed by atoms with Gasteiger partial charge < -0.3 is 0 Å². The van der Waals surface area contributed by atoms with Gasteiger partial charge in [-0.2, -0.15) is 5.10 Å². The van der Waals surface area contributed by atoms with Gasteiger partial charge in [0, 0.05) is 12.4 Å². The molecule has 2 aromatic rings. The first-order chi connectivity index (χ1) is 8.65. The van der Waals surface area contributed by atoms with Crippen molar-refractivity contribution in [2.75, 3.05) is 0 Å². The van der Waals surface area contributed by atoms with Crippen LogP contribution in [0.4, 0.5) is 5.69 Å². The van der Waals surface area contributed by atoms with Gasteiger partial charge in [0.1, 0.15) is 5.69 Å². The van der Waals surface area contributed by atoms with Crippen molar-refractivity contribution in [2.24, 2.45) is 0 Å². The Kier molecular flexibility index (Phi) is 3.57. The Morgan fingerprint density at radius 3 is 2.67 bits per heavy atom. The number of pyridine rings is 1. The van der Waals surface area contributed by atoms with E-state index in [1.807, 2.05) is 6.92 Å². The first kappa shape index (κ1) is 12.5. The fourth-order valence-corrected chi connectivity index (χ4v) is 1.99. The standard InChI is InChI=1S/C11H11ClN4O2/c1-2-3-9-10(16(17)18)11(12)15(14-9)8-4-6-13-7-5-8/h4-7H,2-3H2,1H3. The molecule has 0 aromatic carbocycles. The van der Waals surface area contributed by atoms with Gasteiger partial charge in [0.25, 0.3) is 0 Å². The van der Waals surface area contributed by atoms with E-state index in [0.29, 0.717) is 17.8 Å². The Bertz CT molecular complexity index is 568. The lowest BCUT2D eigenvalue weighted by Crippen LogP contribution is -1.97. The van der Waals surface area contributed by atoms with Crippen molar-refractivity contribution >= 4 is 17.3 Å². The number of nitro groups is 1. The van der Waals surface area contributed by atoms with Crippen molar-refractivity contribution in [3.05, 3.63) is 45.5 Å². The maximum atomic E-state index is 11.0. The number of aryl methyl sites for hydroxylation is 1. The molecule has 94 valence electrons. The minimum absolute atomic E-state index is 0.0228. The van der Waals surface area contributed by atoms with Crippen LogP contribution in [0.1, 0.15) is 19.0 Å². The Labute approximate surface area is 108 Å². The Balaban J connectivity index is 2.57. The summed E-state index contributed by atoms with van der Waals surface area (Å²) in [4.78, 5) is 14.4. The van der Waals surface area contributed by atoms with E-state index in [1.165, 1.54) is 4.68 Å². The van der Waals surface area contributed by atoms with Crippen molar-refractivity contribution in [1.29, 1.82) is 0 Å². The molecule has 0 amide bonds. The highest BCUT2D eigenvalue weighted by molar-refractivity contribution is 6.32. The molecule has 0 atom stereocenters. The van der Waals surface area contributed by atoms with Crippen molar-refractivity contribution < 1.29 is 4.92 Å². The molecule has 0 bridgehead atoms. The number of hydrogen-bond acceptors (Lipinski definition) is 4. The fraction of sp³-hybridized carbons (Fsp3) is 0.273. The first-order valence-electron chi connectivity index (χ1n) is 5.47. The highest BCUT2D eigenvalue weighted by Gasteiger charge is 2.26. The second kappa shape index (κ2) is 5.14. The minimum atomic E-state index is -0.488.